The minimum absolute atomic E-state index is 0.00722. The lowest BCUT2D eigenvalue weighted by Crippen LogP contribution is -2.47. The van der Waals surface area contributed by atoms with Gasteiger partial charge in [0.15, 0.2) is 0 Å². The topological polar surface area (TPSA) is 89.0 Å². The zero-order valence-electron chi connectivity index (χ0n) is 19.7. The van der Waals surface area contributed by atoms with Crippen LogP contribution in [0.1, 0.15) is 36.8 Å². The second-order valence-corrected chi connectivity index (χ2v) is 8.98. The average molecular weight is 466 g/mol. The zero-order chi connectivity index (χ0) is 24.1. The third-order valence-electron chi connectivity index (χ3n) is 6.77. The normalized spacial score (nSPS) is 21.2. The number of aryl methyl sites for hydroxylation is 1. The Bertz CT molecular complexity index is 1040. The Kier molecular flexibility index (Phi) is 7.26. The summed E-state index contributed by atoms with van der Waals surface area (Å²) in [4.78, 5) is 47.1. The van der Waals surface area contributed by atoms with Gasteiger partial charge in [-0.15, -0.1) is 0 Å². The first-order valence-corrected chi connectivity index (χ1v) is 11.7. The number of pyridine rings is 1. The third-order valence-corrected chi connectivity index (χ3v) is 6.77. The van der Waals surface area contributed by atoms with E-state index >= 15 is 0 Å². The molecule has 2 saturated heterocycles. The lowest BCUT2D eigenvalue weighted by atomic mass is 9.73. The molecule has 2 aromatic rings. The maximum atomic E-state index is 13.6. The van der Waals surface area contributed by atoms with Gasteiger partial charge in [0.25, 0.3) is 0 Å². The number of piperidine rings is 1. The predicted octanol–water partition coefficient (Wildman–Crippen LogP) is 2.49. The van der Waals surface area contributed by atoms with Crippen molar-refractivity contribution in [2.45, 2.75) is 44.1 Å². The molecule has 2 aliphatic heterocycles. The lowest BCUT2D eigenvalue weighted by Gasteiger charge is -2.35. The molecule has 2 aliphatic rings. The number of hydrogen-bond donors (Lipinski definition) is 0. The van der Waals surface area contributed by atoms with Gasteiger partial charge in [0.05, 0.1) is 24.8 Å². The van der Waals surface area contributed by atoms with Crippen molar-refractivity contribution in [1.29, 1.82) is 0 Å². The van der Waals surface area contributed by atoms with Crippen LogP contribution in [-0.2, 0) is 24.5 Å². The van der Waals surface area contributed by atoms with E-state index in [-0.39, 0.29) is 49.8 Å². The fourth-order valence-electron chi connectivity index (χ4n) is 4.97. The van der Waals surface area contributed by atoms with Crippen LogP contribution in [0.15, 0.2) is 48.8 Å². The van der Waals surface area contributed by atoms with Gasteiger partial charge in [0.2, 0.25) is 17.7 Å². The van der Waals surface area contributed by atoms with Crippen molar-refractivity contribution >= 4 is 17.7 Å². The second-order valence-electron chi connectivity index (χ2n) is 8.98. The number of carbonyl (C=O) groups excluding carboxylic acids is 3. The Morgan fingerprint density at radius 2 is 1.91 bits per heavy atom. The molecule has 34 heavy (non-hydrogen) atoms. The van der Waals surface area contributed by atoms with E-state index in [1.165, 1.54) is 12.0 Å². The summed E-state index contributed by atoms with van der Waals surface area (Å²) in [5, 5.41) is 0. The van der Waals surface area contributed by atoms with Crippen molar-refractivity contribution in [3.8, 4) is 5.75 Å². The molecule has 0 radical (unpaired) electrons. The molecule has 4 rings (SSSR count). The van der Waals surface area contributed by atoms with Crippen LogP contribution in [0.25, 0.3) is 0 Å². The molecule has 3 heterocycles. The number of hydrogen-bond acceptors (Lipinski definition) is 6. The van der Waals surface area contributed by atoms with Gasteiger partial charge in [-0.25, -0.2) is 0 Å². The van der Waals surface area contributed by atoms with E-state index in [2.05, 4.69) is 4.98 Å². The van der Waals surface area contributed by atoms with Gasteiger partial charge in [-0.05, 0) is 30.2 Å². The Balaban J connectivity index is 1.49. The average Bonchev–Trinajstić information content (AvgIpc) is 3.08. The molecule has 0 unspecified atom stereocenters. The van der Waals surface area contributed by atoms with Crippen molar-refractivity contribution < 1.29 is 23.9 Å². The molecule has 1 aromatic heterocycles. The van der Waals surface area contributed by atoms with Crippen LogP contribution in [0.4, 0.5) is 0 Å². The van der Waals surface area contributed by atoms with Gasteiger partial charge < -0.3 is 14.4 Å². The first kappa shape index (κ1) is 23.9. The Labute approximate surface area is 199 Å². The fraction of sp³-hybridized carbons (Fsp3) is 0.462. The van der Waals surface area contributed by atoms with Gasteiger partial charge in [-0.2, -0.15) is 0 Å². The van der Waals surface area contributed by atoms with Crippen molar-refractivity contribution in [3.63, 3.8) is 0 Å². The predicted molar refractivity (Wildman–Crippen MR) is 125 cm³/mol. The van der Waals surface area contributed by atoms with Crippen LogP contribution >= 0.6 is 0 Å². The lowest BCUT2D eigenvalue weighted by molar-refractivity contribution is -0.143. The minimum Gasteiger partial charge on any atom is -0.489 e. The molecular formula is C26H31N3O5. The van der Waals surface area contributed by atoms with Crippen LogP contribution in [0.5, 0.6) is 5.75 Å². The highest BCUT2D eigenvalue weighted by molar-refractivity contribution is 6.11. The van der Waals surface area contributed by atoms with Gasteiger partial charge in [0.1, 0.15) is 11.9 Å². The van der Waals surface area contributed by atoms with Gasteiger partial charge in [-0.1, -0.05) is 24.3 Å². The van der Waals surface area contributed by atoms with E-state index in [1.807, 2.05) is 43.3 Å². The van der Waals surface area contributed by atoms with Crippen molar-refractivity contribution in [1.82, 2.24) is 14.8 Å². The highest BCUT2D eigenvalue weighted by atomic mass is 16.5. The van der Waals surface area contributed by atoms with Gasteiger partial charge in [0, 0.05) is 52.1 Å². The number of carbonyl (C=O) groups is 3. The smallest absolute Gasteiger partial charge is 0.240 e. The SMILES string of the molecule is COCCN1C(=O)C[C@@](CC(=O)N2CCC(Oc3cccnc3)CC2)(c2ccccc2C)C1=O. The maximum Gasteiger partial charge on any atom is 0.240 e. The van der Waals surface area contributed by atoms with Crippen LogP contribution in [-0.4, -0.2) is 72.0 Å². The number of imide groups is 1. The summed E-state index contributed by atoms with van der Waals surface area (Å²) in [6.45, 7) is 3.46. The standard InChI is InChI=1S/C26H31N3O5/c1-19-6-3-4-8-22(19)26(17-24(31)29(25(26)32)14-15-33-2)16-23(30)28-12-9-20(10-13-28)34-21-7-5-11-27-18-21/h3-8,11,18,20H,9-10,12-17H2,1-2H3/t26-/m0/s1. The number of nitrogens with zero attached hydrogens (tertiary/aromatic N) is 3. The Morgan fingerprint density at radius 3 is 2.59 bits per heavy atom. The largest absolute Gasteiger partial charge is 0.489 e. The number of benzene rings is 1. The summed E-state index contributed by atoms with van der Waals surface area (Å²) in [5.41, 5.74) is 0.459. The number of methoxy groups -OCH3 is 1. The van der Waals surface area contributed by atoms with Crippen molar-refractivity contribution in [2.75, 3.05) is 33.4 Å². The van der Waals surface area contributed by atoms with Gasteiger partial charge in [-0.3, -0.25) is 24.3 Å². The summed E-state index contributed by atoms with van der Waals surface area (Å²) in [7, 11) is 1.53. The molecule has 0 aliphatic carbocycles. The molecular weight excluding hydrogens is 434 g/mol. The van der Waals surface area contributed by atoms with Crippen LogP contribution in [0, 0.1) is 6.92 Å². The number of ether oxygens (including phenoxy) is 2. The first-order valence-electron chi connectivity index (χ1n) is 11.7. The van der Waals surface area contributed by atoms with Crippen LogP contribution < -0.4 is 4.74 Å². The molecule has 0 bridgehead atoms. The fourth-order valence-corrected chi connectivity index (χ4v) is 4.97. The van der Waals surface area contributed by atoms with Crippen LogP contribution in [0.3, 0.4) is 0 Å². The molecule has 1 atom stereocenters. The number of amides is 3. The molecule has 8 heteroatoms. The van der Waals surface area contributed by atoms with E-state index < -0.39 is 5.41 Å². The van der Waals surface area contributed by atoms with E-state index in [1.54, 1.807) is 17.3 Å². The molecule has 180 valence electrons. The quantitative estimate of drug-likeness (QED) is 0.557. The van der Waals surface area contributed by atoms with E-state index in [4.69, 9.17) is 9.47 Å². The summed E-state index contributed by atoms with van der Waals surface area (Å²) >= 11 is 0. The van der Waals surface area contributed by atoms with Crippen molar-refractivity contribution in [2.24, 2.45) is 0 Å². The summed E-state index contributed by atoms with van der Waals surface area (Å²) < 4.78 is 11.1. The molecule has 8 nitrogen and oxygen atoms in total. The molecule has 0 spiro atoms. The van der Waals surface area contributed by atoms with Gasteiger partial charge >= 0.3 is 0 Å². The first-order chi connectivity index (χ1) is 16.4. The highest BCUT2D eigenvalue weighted by Gasteiger charge is 2.54. The molecule has 0 saturated carbocycles. The number of aromatic nitrogens is 1. The van der Waals surface area contributed by atoms with Crippen molar-refractivity contribution in [3.05, 3.63) is 59.9 Å². The highest BCUT2D eigenvalue weighted by Crippen LogP contribution is 2.42. The third kappa shape index (κ3) is 4.82. The summed E-state index contributed by atoms with van der Waals surface area (Å²) in [5.74, 6) is 0.0310. The molecule has 0 N–H and O–H groups in total. The minimum atomic E-state index is -1.18. The molecule has 3 amide bonds. The zero-order valence-corrected chi connectivity index (χ0v) is 19.7. The number of likely N-dealkylation sites (tertiary alicyclic amines) is 2. The van der Waals surface area contributed by atoms with Crippen LogP contribution in [0.2, 0.25) is 0 Å². The number of rotatable bonds is 8. The Morgan fingerprint density at radius 1 is 1.15 bits per heavy atom. The molecule has 2 fully saturated rings. The Hall–Kier alpha value is -3.26. The monoisotopic (exact) mass is 465 g/mol. The second kappa shape index (κ2) is 10.3. The van der Waals surface area contributed by atoms with E-state index in [9.17, 15) is 14.4 Å². The molecule has 1 aromatic carbocycles. The summed E-state index contributed by atoms with van der Waals surface area (Å²) in [6.07, 6.45) is 4.76. The summed E-state index contributed by atoms with van der Waals surface area (Å²) in [6, 6.07) is 11.2. The van der Waals surface area contributed by atoms with E-state index in [0.29, 0.717) is 25.9 Å². The van der Waals surface area contributed by atoms with E-state index in [0.717, 1.165) is 16.9 Å². The maximum absolute atomic E-state index is 13.6.